The fraction of sp³-hybridized carbons (Fsp3) is 0.417. The molecule has 1 N–H and O–H groups in total. The minimum absolute atomic E-state index is 0.0194. The maximum absolute atomic E-state index is 14.8. The van der Waals surface area contributed by atoms with Crippen molar-refractivity contribution < 1.29 is 4.79 Å². The summed E-state index contributed by atoms with van der Waals surface area (Å²) in [5, 5.41) is 6.28. The van der Waals surface area contributed by atoms with Crippen LogP contribution in [0.2, 0.25) is 0 Å². The zero-order valence-electron chi connectivity index (χ0n) is 26.7. The lowest BCUT2D eigenvalue weighted by Crippen LogP contribution is -2.53. The lowest BCUT2D eigenvalue weighted by Gasteiger charge is -2.34. The van der Waals surface area contributed by atoms with E-state index in [9.17, 15) is 9.59 Å². The first-order valence-electron chi connectivity index (χ1n) is 15.8. The van der Waals surface area contributed by atoms with E-state index >= 15 is 0 Å². The molecule has 0 radical (unpaired) electrons. The summed E-state index contributed by atoms with van der Waals surface area (Å²) < 4.78 is 1.84. The Balaban J connectivity index is 1.58. The van der Waals surface area contributed by atoms with Gasteiger partial charge in [-0.1, -0.05) is 48.4 Å². The summed E-state index contributed by atoms with van der Waals surface area (Å²) in [5.74, 6) is 0.127. The summed E-state index contributed by atoms with van der Waals surface area (Å²) >= 11 is 1.46. The first-order chi connectivity index (χ1) is 21.1. The number of fused-ring (bicyclic) bond motifs is 2. The van der Waals surface area contributed by atoms with Crippen LogP contribution in [0.1, 0.15) is 68.1 Å². The van der Waals surface area contributed by atoms with Gasteiger partial charge in [-0.2, -0.15) is 0 Å². The number of pyridine rings is 1. The first kappa shape index (κ1) is 30.3. The van der Waals surface area contributed by atoms with Gasteiger partial charge in [-0.05, 0) is 64.7 Å². The molecular weight excluding hydrogens is 566 g/mol. The Hall–Kier alpha value is -3.75. The Morgan fingerprint density at radius 3 is 2.48 bits per heavy atom. The van der Waals surface area contributed by atoms with E-state index in [0.29, 0.717) is 47.0 Å². The van der Waals surface area contributed by atoms with Gasteiger partial charge in [-0.25, -0.2) is 4.98 Å². The molecule has 44 heavy (non-hydrogen) atoms. The van der Waals surface area contributed by atoms with Crippen LogP contribution >= 0.6 is 11.3 Å². The van der Waals surface area contributed by atoms with Crippen LogP contribution in [0.5, 0.6) is 0 Å². The van der Waals surface area contributed by atoms with Gasteiger partial charge in [0.25, 0.3) is 11.5 Å². The van der Waals surface area contributed by atoms with Gasteiger partial charge in [-0.15, -0.1) is 11.3 Å². The van der Waals surface area contributed by atoms with E-state index < -0.39 is 0 Å². The Labute approximate surface area is 264 Å². The number of likely N-dealkylation sites (tertiary alicyclic amines) is 1. The molecule has 3 aromatic rings. The highest BCUT2D eigenvalue weighted by atomic mass is 32.1. The van der Waals surface area contributed by atoms with E-state index in [0.717, 1.165) is 53.9 Å². The van der Waals surface area contributed by atoms with Crippen molar-refractivity contribution >= 4 is 29.0 Å². The number of thiazole rings is 1. The molecule has 6 rings (SSSR count). The largest absolute Gasteiger partial charge is 0.378 e. The maximum Gasteiger partial charge on any atom is 0.265 e. The van der Waals surface area contributed by atoms with E-state index in [-0.39, 0.29) is 17.4 Å². The minimum atomic E-state index is -0.135. The van der Waals surface area contributed by atoms with Crippen molar-refractivity contribution in [2.45, 2.75) is 65.5 Å². The third kappa shape index (κ3) is 5.85. The van der Waals surface area contributed by atoms with E-state index in [4.69, 9.17) is 4.98 Å². The first-order valence-corrected chi connectivity index (χ1v) is 16.6. The smallest absolute Gasteiger partial charge is 0.265 e. The highest BCUT2D eigenvalue weighted by Gasteiger charge is 2.36. The van der Waals surface area contributed by atoms with Crippen LogP contribution in [0.3, 0.4) is 0 Å². The Morgan fingerprint density at radius 1 is 1.14 bits per heavy atom. The molecule has 0 spiro atoms. The van der Waals surface area contributed by atoms with E-state index in [2.05, 4.69) is 60.5 Å². The van der Waals surface area contributed by atoms with Crippen molar-refractivity contribution in [1.29, 1.82) is 0 Å². The monoisotopic (exact) mass is 609 g/mol. The number of benzene rings is 1. The molecule has 2 saturated heterocycles. The summed E-state index contributed by atoms with van der Waals surface area (Å²) in [6.07, 6.45) is 10.3. The minimum Gasteiger partial charge on any atom is -0.378 e. The van der Waals surface area contributed by atoms with Crippen LogP contribution in [-0.4, -0.2) is 64.5 Å². The van der Waals surface area contributed by atoms with Crippen LogP contribution in [0.25, 0.3) is 33.6 Å². The number of aryl methyl sites for hydroxylation is 1. The molecule has 4 heterocycles. The van der Waals surface area contributed by atoms with Crippen molar-refractivity contribution in [3.05, 3.63) is 86.3 Å². The molecule has 2 aromatic heterocycles. The van der Waals surface area contributed by atoms with E-state index in [1.807, 2.05) is 54.9 Å². The molecule has 8 heteroatoms. The molecule has 1 amide bonds. The second-order valence-corrected chi connectivity index (χ2v) is 13.8. The normalized spacial score (nSPS) is 21.1. The molecule has 7 nitrogen and oxygen atoms in total. The number of amides is 1. The fourth-order valence-electron chi connectivity index (χ4n) is 6.66. The van der Waals surface area contributed by atoms with Gasteiger partial charge in [0.15, 0.2) is 0 Å². The van der Waals surface area contributed by atoms with Gasteiger partial charge < -0.3 is 15.1 Å². The van der Waals surface area contributed by atoms with Crippen LogP contribution in [-0.2, 0) is 0 Å². The number of nitrogens with zero attached hydrogens (tertiary/aromatic N) is 4. The van der Waals surface area contributed by atoms with Gasteiger partial charge in [0.2, 0.25) is 0 Å². The van der Waals surface area contributed by atoms with Gasteiger partial charge in [0.1, 0.15) is 5.01 Å². The molecular formula is C36H43N5O2S. The summed E-state index contributed by atoms with van der Waals surface area (Å²) in [6.45, 7) is 9.64. The van der Waals surface area contributed by atoms with Crippen LogP contribution < -0.4 is 10.9 Å². The van der Waals surface area contributed by atoms with Crippen molar-refractivity contribution in [3.8, 4) is 21.8 Å². The number of nitrogens with one attached hydrogen (secondary N) is 1. The SMILES string of the molecule is CC[C@@H]1CC=C(N(C)C)C=C1n1c(C=C(C)C)c(C(=O)N2CC3CCC(C2)N3)cc(-c2nc(-c3ccc(C)cc3)cs2)c1=O. The highest BCUT2D eigenvalue weighted by Crippen LogP contribution is 2.35. The van der Waals surface area contributed by atoms with Gasteiger partial charge in [0.05, 0.1) is 22.5 Å². The van der Waals surface area contributed by atoms with E-state index in [1.54, 1.807) is 0 Å². The number of allylic oxidation sites excluding steroid dienone is 4. The number of aromatic nitrogens is 2. The molecule has 1 aliphatic carbocycles. The molecule has 1 aromatic carbocycles. The van der Waals surface area contributed by atoms with Crippen LogP contribution in [0.15, 0.2) is 63.9 Å². The lowest BCUT2D eigenvalue weighted by atomic mass is 9.91. The van der Waals surface area contributed by atoms with Crippen molar-refractivity contribution in [1.82, 2.24) is 24.7 Å². The average Bonchev–Trinajstić information content (AvgIpc) is 3.62. The molecule has 3 atom stereocenters. The molecule has 2 unspecified atom stereocenters. The molecule has 2 fully saturated rings. The molecule has 2 aliphatic heterocycles. The molecule has 3 aliphatic rings. The molecule has 0 saturated carbocycles. The number of likely N-dealkylation sites (N-methyl/N-ethyl adjacent to an activating group) is 1. The zero-order valence-corrected chi connectivity index (χ0v) is 27.5. The number of hydrogen-bond acceptors (Lipinski definition) is 6. The number of carbonyl (C=O) groups excluding carboxylic acids is 1. The summed E-state index contributed by atoms with van der Waals surface area (Å²) in [7, 11) is 4.05. The van der Waals surface area contributed by atoms with E-state index in [1.165, 1.54) is 16.9 Å². The number of hydrogen-bond donors (Lipinski definition) is 1. The van der Waals surface area contributed by atoms with Crippen LogP contribution in [0, 0.1) is 12.8 Å². The Kier molecular flexibility index (Phi) is 8.49. The lowest BCUT2D eigenvalue weighted by molar-refractivity contribution is 0.0696. The second kappa shape index (κ2) is 12.3. The summed E-state index contributed by atoms with van der Waals surface area (Å²) in [5.41, 5.74) is 7.61. The average molecular weight is 610 g/mol. The summed E-state index contributed by atoms with van der Waals surface area (Å²) in [6, 6.07) is 10.7. The Bertz CT molecular complexity index is 1710. The Morgan fingerprint density at radius 2 is 1.84 bits per heavy atom. The van der Waals surface area contributed by atoms with Gasteiger partial charge >= 0.3 is 0 Å². The van der Waals surface area contributed by atoms with Crippen LogP contribution in [0.4, 0.5) is 0 Å². The predicted molar refractivity (Wildman–Crippen MR) is 182 cm³/mol. The predicted octanol–water partition coefficient (Wildman–Crippen LogP) is 6.66. The summed E-state index contributed by atoms with van der Waals surface area (Å²) in [4.78, 5) is 38.3. The third-order valence-electron chi connectivity index (χ3n) is 9.07. The second-order valence-electron chi connectivity index (χ2n) is 12.9. The van der Waals surface area contributed by atoms with Crippen molar-refractivity contribution in [2.24, 2.45) is 5.92 Å². The maximum atomic E-state index is 14.8. The molecule has 230 valence electrons. The van der Waals surface area contributed by atoms with Crippen molar-refractivity contribution in [3.63, 3.8) is 0 Å². The zero-order chi connectivity index (χ0) is 31.1. The fourth-order valence-corrected chi connectivity index (χ4v) is 7.50. The van der Waals surface area contributed by atoms with Gasteiger partial charge in [0, 0.05) is 67.5 Å². The van der Waals surface area contributed by atoms with Gasteiger partial charge in [-0.3, -0.25) is 14.2 Å². The standard InChI is InChI=1S/C36H43N5O2S/c1-7-24-12-15-28(39(5)6)17-32(24)41-33(16-22(2)3)29(35(42)40-19-26-13-14-27(20-40)37-26)18-30(36(41)43)34-38-31(21-44-34)25-10-8-23(4)9-11-25/h8-11,15-18,21,24,26-27,37H,7,12-14,19-20H2,1-6H3/t24-,26?,27?/m1/s1. The topological polar surface area (TPSA) is 70.5 Å². The number of piperazine rings is 1. The van der Waals surface area contributed by atoms with Crippen molar-refractivity contribution in [2.75, 3.05) is 27.2 Å². The highest BCUT2D eigenvalue weighted by molar-refractivity contribution is 7.13. The quantitative estimate of drug-likeness (QED) is 0.324. The number of rotatable bonds is 7. The number of carbonyl (C=O) groups is 1. The third-order valence-corrected chi connectivity index (χ3v) is 9.95. The molecule has 2 bridgehead atoms.